The maximum atomic E-state index is 11.6. The van der Waals surface area contributed by atoms with E-state index in [0.29, 0.717) is 5.76 Å². The Morgan fingerprint density at radius 1 is 1.27 bits per heavy atom. The SMILES string of the molecule is Cc1cccc(C2=CC(=O)C(C)(C)O2)c1. The van der Waals surface area contributed by atoms with Crippen LogP contribution in [0.15, 0.2) is 30.3 Å². The lowest BCUT2D eigenvalue weighted by Crippen LogP contribution is -2.27. The molecule has 0 fully saturated rings. The van der Waals surface area contributed by atoms with Crippen LogP contribution in [0.1, 0.15) is 25.0 Å². The molecule has 0 spiro atoms. The highest BCUT2D eigenvalue weighted by Crippen LogP contribution is 2.30. The highest BCUT2D eigenvalue weighted by molar-refractivity contribution is 6.04. The molecule has 0 atom stereocenters. The number of aryl methyl sites for hydroxylation is 1. The fraction of sp³-hybridized carbons (Fsp3) is 0.308. The predicted molar refractivity (Wildman–Crippen MR) is 59.3 cm³/mol. The van der Waals surface area contributed by atoms with Crippen molar-refractivity contribution >= 4 is 11.5 Å². The summed E-state index contributed by atoms with van der Waals surface area (Å²) in [5.74, 6) is 0.702. The van der Waals surface area contributed by atoms with Gasteiger partial charge in [-0.25, -0.2) is 0 Å². The second-order valence-corrected chi connectivity index (χ2v) is 4.35. The van der Waals surface area contributed by atoms with Gasteiger partial charge in [0, 0.05) is 11.6 Å². The van der Waals surface area contributed by atoms with Gasteiger partial charge in [-0.1, -0.05) is 23.8 Å². The van der Waals surface area contributed by atoms with Crippen LogP contribution in [0.4, 0.5) is 0 Å². The molecule has 0 aromatic heterocycles. The zero-order valence-electron chi connectivity index (χ0n) is 9.20. The lowest BCUT2D eigenvalue weighted by Gasteiger charge is -2.18. The second-order valence-electron chi connectivity index (χ2n) is 4.35. The van der Waals surface area contributed by atoms with Gasteiger partial charge in [-0.05, 0) is 26.8 Å². The van der Waals surface area contributed by atoms with Crippen molar-refractivity contribution in [3.8, 4) is 0 Å². The number of rotatable bonds is 1. The van der Waals surface area contributed by atoms with Crippen LogP contribution in [-0.2, 0) is 9.53 Å². The van der Waals surface area contributed by atoms with Crippen molar-refractivity contribution < 1.29 is 9.53 Å². The first-order chi connectivity index (χ1) is 6.99. The molecule has 1 aliphatic heterocycles. The molecule has 0 bridgehead atoms. The Labute approximate surface area is 89.6 Å². The Hall–Kier alpha value is -1.57. The number of hydrogen-bond donors (Lipinski definition) is 0. The van der Waals surface area contributed by atoms with Crippen LogP contribution in [0.25, 0.3) is 5.76 Å². The van der Waals surface area contributed by atoms with Gasteiger partial charge >= 0.3 is 0 Å². The van der Waals surface area contributed by atoms with Crippen LogP contribution in [0.3, 0.4) is 0 Å². The van der Waals surface area contributed by atoms with E-state index in [1.807, 2.05) is 31.2 Å². The summed E-state index contributed by atoms with van der Waals surface area (Å²) >= 11 is 0. The molecule has 0 amide bonds. The lowest BCUT2D eigenvalue weighted by molar-refractivity contribution is -0.125. The Morgan fingerprint density at radius 3 is 2.53 bits per heavy atom. The van der Waals surface area contributed by atoms with Crippen LogP contribution in [-0.4, -0.2) is 11.4 Å². The van der Waals surface area contributed by atoms with Gasteiger partial charge in [0.05, 0.1) is 0 Å². The highest BCUT2D eigenvalue weighted by Gasteiger charge is 2.35. The monoisotopic (exact) mass is 202 g/mol. The number of carbonyl (C=O) groups is 1. The number of carbonyl (C=O) groups excluding carboxylic acids is 1. The van der Waals surface area contributed by atoms with Crippen molar-refractivity contribution in [3.63, 3.8) is 0 Å². The summed E-state index contributed by atoms with van der Waals surface area (Å²) in [6, 6.07) is 7.95. The van der Waals surface area contributed by atoms with E-state index in [1.165, 1.54) is 0 Å². The lowest BCUT2D eigenvalue weighted by atomic mass is 10.1. The van der Waals surface area contributed by atoms with Crippen molar-refractivity contribution in [2.24, 2.45) is 0 Å². The van der Waals surface area contributed by atoms with Crippen LogP contribution in [0, 0.1) is 6.92 Å². The van der Waals surface area contributed by atoms with E-state index in [2.05, 4.69) is 0 Å². The van der Waals surface area contributed by atoms with Crippen LogP contribution in [0.2, 0.25) is 0 Å². The maximum Gasteiger partial charge on any atom is 0.202 e. The predicted octanol–water partition coefficient (Wildman–Crippen LogP) is 2.71. The molecule has 1 aromatic carbocycles. The molecule has 15 heavy (non-hydrogen) atoms. The third kappa shape index (κ3) is 1.80. The Bertz CT molecular complexity index is 442. The largest absolute Gasteiger partial charge is 0.479 e. The maximum absolute atomic E-state index is 11.6. The standard InChI is InChI=1S/C13H14O2/c1-9-5-4-6-10(7-9)11-8-12(14)13(2,3)15-11/h4-8H,1-3H3. The van der Waals surface area contributed by atoms with E-state index in [-0.39, 0.29) is 5.78 Å². The van der Waals surface area contributed by atoms with E-state index in [9.17, 15) is 4.79 Å². The summed E-state index contributed by atoms with van der Waals surface area (Å²) in [6.45, 7) is 5.59. The molecule has 1 aliphatic rings. The summed E-state index contributed by atoms with van der Waals surface area (Å²) in [4.78, 5) is 11.6. The summed E-state index contributed by atoms with van der Waals surface area (Å²) in [5, 5.41) is 0. The van der Waals surface area contributed by atoms with E-state index in [0.717, 1.165) is 11.1 Å². The Morgan fingerprint density at radius 2 is 2.00 bits per heavy atom. The van der Waals surface area contributed by atoms with Crippen molar-refractivity contribution in [1.29, 1.82) is 0 Å². The minimum Gasteiger partial charge on any atom is -0.479 e. The Kier molecular flexibility index (Phi) is 2.14. The number of benzene rings is 1. The number of hydrogen-bond acceptors (Lipinski definition) is 2. The van der Waals surface area contributed by atoms with E-state index >= 15 is 0 Å². The summed E-state index contributed by atoms with van der Waals surface area (Å²) in [6.07, 6.45) is 1.58. The first-order valence-electron chi connectivity index (χ1n) is 5.01. The molecule has 1 heterocycles. The number of ether oxygens (including phenoxy) is 1. The van der Waals surface area contributed by atoms with E-state index in [1.54, 1.807) is 19.9 Å². The fourth-order valence-electron chi connectivity index (χ4n) is 1.59. The van der Waals surface area contributed by atoms with Gasteiger partial charge in [0.2, 0.25) is 5.78 Å². The van der Waals surface area contributed by atoms with Gasteiger partial charge in [0.1, 0.15) is 5.76 Å². The van der Waals surface area contributed by atoms with Gasteiger partial charge in [0.25, 0.3) is 0 Å². The topological polar surface area (TPSA) is 26.3 Å². The van der Waals surface area contributed by atoms with Crippen molar-refractivity contribution in [2.75, 3.05) is 0 Å². The van der Waals surface area contributed by atoms with Gasteiger partial charge in [-0.15, -0.1) is 0 Å². The molecule has 78 valence electrons. The first-order valence-corrected chi connectivity index (χ1v) is 5.01. The summed E-state index contributed by atoms with van der Waals surface area (Å²) in [7, 11) is 0. The van der Waals surface area contributed by atoms with Gasteiger partial charge in [-0.2, -0.15) is 0 Å². The zero-order chi connectivity index (χ0) is 11.1. The molecule has 0 N–H and O–H groups in total. The molecule has 0 aliphatic carbocycles. The minimum absolute atomic E-state index is 0.0269. The molecular weight excluding hydrogens is 188 g/mol. The molecule has 2 heteroatoms. The van der Waals surface area contributed by atoms with Crippen LogP contribution in [0.5, 0.6) is 0 Å². The third-order valence-electron chi connectivity index (χ3n) is 2.52. The van der Waals surface area contributed by atoms with Crippen LogP contribution >= 0.6 is 0 Å². The third-order valence-corrected chi connectivity index (χ3v) is 2.52. The minimum atomic E-state index is -0.709. The molecule has 2 rings (SSSR count). The van der Waals surface area contributed by atoms with Gasteiger partial charge in [-0.3, -0.25) is 4.79 Å². The van der Waals surface area contributed by atoms with Gasteiger partial charge < -0.3 is 4.74 Å². The average molecular weight is 202 g/mol. The molecule has 0 radical (unpaired) electrons. The van der Waals surface area contributed by atoms with Crippen molar-refractivity contribution in [1.82, 2.24) is 0 Å². The first kappa shape index (κ1) is 9.97. The smallest absolute Gasteiger partial charge is 0.202 e. The highest BCUT2D eigenvalue weighted by atomic mass is 16.5. The van der Waals surface area contributed by atoms with Gasteiger partial charge in [0.15, 0.2) is 5.60 Å². The normalized spacial score (nSPS) is 18.6. The molecule has 0 unspecified atom stereocenters. The summed E-state index contributed by atoms with van der Waals surface area (Å²) in [5.41, 5.74) is 1.42. The molecule has 1 aromatic rings. The Balaban J connectivity index is 2.36. The molecule has 0 saturated heterocycles. The average Bonchev–Trinajstić information content (AvgIpc) is 2.42. The molecule has 2 nitrogen and oxygen atoms in total. The summed E-state index contributed by atoms with van der Waals surface area (Å²) < 4.78 is 5.61. The molecular formula is C13H14O2. The quantitative estimate of drug-likeness (QED) is 0.700. The van der Waals surface area contributed by atoms with Crippen molar-refractivity contribution in [2.45, 2.75) is 26.4 Å². The molecule has 0 saturated carbocycles. The van der Waals surface area contributed by atoms with E-state index in [4.69, 9.17) is 4.74 Å². The second kappa shape index (κ2) is 3.23. The van der Waals surface area contributed by atoms with Crippen molar-refractivity contribution in [3.05, 3.63) is 41.5 Å². The fourth-order valence-corrected chi connectivity index (χ4v) is 1.59. The van der Waals surface area contributed by atoms with Crippen LogP contribution < -0.4 is 0 Å². The number of ketones is 1. The van der Waals surface area contributed by atoms with E-state index < -0.39 is 5.60 Å². The zero-order valence-corrected chi connectivity index (χ0v) is 9.20.